The van der Waals surface area contributed by atoms with Crippen LogP contribution in [0.15, 0.2) is 36.4 Å². The number of nitrogens with zero attached hydrogens (tertiary/aromatic N) is 2. The molecule has 0 aliphatic carbocycles. The van der Waals surface area contributed by atoms with E-state index < -0.39 is 5.60 Å². The maximum Gasteiger partial charge on any atom is 0.163 e. The Kier molecular flexibility index (Phi) is 4.16. The molecule has 1 heterocycles. The lowest BCUT2D eigenvalue weighted by molar-refractivity contribution is 0.0944. The first-order valence-electron chi connectivity index (χ1n) is 6.35. The van der Waals surface area contributed by atoms with Gasteiger partial charge in [-0.2, -0.15) is 0 Å². The monoisotopic (exact) mass is 273 g/mol. The average Bonchev–Trinajstić information content (AvgIpc) is 2.45. The fraction of sp³-hybridized carbons (Fsp3) is 0.286. The second-order valence-corrected chi connectivity index (χ2v) is 5.14. The number of rotatable bonds is 5. The van der Waals surface area contributed by atoms with Gasteiger partial charge in [-0.05, 0) is 13.8 Å². The highest BCUT2D eigenvalue weighted by atomic mass is 16.3. The van der Waals surface area contributed by atoms with Crippen molar-refractivity contribution in [2.24, 2.45) is 5.84 Å². The van der Waals surface area contributed by atoms with Gasteiger partial charge in [0, 0.05) is 18.2 Å². The number of nitrogen functional groups attached to an aromatic ring is 1. The molecule has 0 radical (unpaired) electrons. The number of hydrazine groups is 1. The van der Waals surface area contributed by atoms with Gasteiger partial charge in [0.2, 0.25) is 0 Å². The third kappa shape index (κ3) is 3.91. The second-order valence-electron chi connectivity index (χ2n) is 5.14. The van der Waals surface area contributed by atoms with Crippen LogP contribution < -0.4 is 16.6 Å². The fourth-order valence-electron chi connectivity index (χ4n) is 1.63. The van der Waals surface area contributed by atoms with Gasteiger partial charge in [0.15, 0.2) is 5.82 Å². The quantitative estimate of drug-likeness (QED) is 0.488. The Labute approximate surface area is 118 Å². The van der Waals surface area contributed by atoms with Gasteiger partial charge in [0.25, 0.3) is 0 Å². The number of aliphatic hydroxyl groups is 1. The molecule has 6 heteroatoms. The highest BCUT2D eigenvalue weighted by Crippen LogP contribution is 2.20. The molecular formula is C14H19N5O. The van der Waals surface area contributed by atoms with E-state index in [4.69, 9.17) is 5.84 Å². The molecular weight excluding hydrogens is 254 g/mol. The van der Waals surface area contributed by atoms with Crippen LogP contribution in [0.3, 0.4) is 0 Å². The molecule has 0 amide bonds. The van der Waals surface area contributed by atoms with Crippen LogP contribution in [0.5, 0.6) is 0 Å². The van der Waals surface area contributed by atoms with Crippen molar-refractivity contribution in [3.63, 3.8) is 0 Å². The lowest BCUT2D eigenvalue weighted by Gasteiger charge is -2.18. The standard InChI is InChI=1S/C14H19N5O/c1-14(2,20)9-16-11-8-12(19-15)18-13(17-11)10-6-4-3-5-7-10/h3-8,20H,9,15H2,1-2H3,(H2,16,17,18,19). The topological polar surface area (TPSA) is 96.1 Å². The molecule has 1 aromatic carbocycles. The third-order valence-corrected chi connectivity index (χ3v) is 2.61. The van der Waals surface area contributed by atoms with Crippen LogP contribution in [-0.2, 0) is 0 Å². The summed E-state index contributed by atoms with van der Waals surface area (Å²) in [5.74, 6) is 7.12. The zero-order valence-electron chi connectivity index (χ0n) is 11.6. The Morgan fingerprint density at radius 2 is 1.80 bits per heavy atom. The number of benzene rings is 1. The Morgan fingerprint density at radius 1 is 1.15 bits per heavy atom. The van der Waals surface area contributed by atoms with Gasteiger partial charge >= 0.3 is 0 Å². The molecule has 106 valence electrons. The molecule has 0 saturated heterocycles. The van der Waals surface area contributed by atoms with E-state index in [-0.39, 0.29) is 0 Å². The highest BCUT2D eigenvalue weighted by Gasteiger charge is 2.13. The predicted octanol–water partition coefficient (Wildman–Crippen LogP) is 1.61. The predicted molar refractivity (Wildman–Crippen MR) is 80.1 cm³/mol. The summed E-state index contributed by atoms with van der Waals surface area (Å²) in [5.41, 5.74) is 2.59. The number of anilines is 2. The Morgan fingerprint density at radius 3 is 2.40 bits per heavy atom. The summed E-state index contributed by atoms with van der Waals surface area (Å²) in [6.07, 6.45) is 0. The molecule has 0 saturated carbocycles. The van der Waals surface area contributed by atoms with Gasteiger partial charge in [-0.1, -0.05) is 30.3 Å². The maximum absolute atomic E-state index is 9.75. The highest BCUT2D eigenvalue weighted by molar-refractivity contribution is 5.60. The molecule has 5 N–H and O–H groups in total. The first kappa shape index (κ1) is 14.2. The maximum atomic E-state index is 9.75. The molecule has 20 heavy (non-hydrogen) atoms. The summed E-state index contributed by atoms with van der Waals surface area (Å²) >= 11 is 0. The van der Waals surface area contributed by atoms with Crippen molar-refractivity contribution in [1.82, 2.24) is 9.97 Å². The van der Waals surface area contributed by atoms with E-state index >= 15 is 0 Å². The van der Waals surface area contributed by atoms with Gasteiger partial charge in [0.05, 0.1) is 5.60 Å². The van der Waals surface area contributed by atoms with Crippen molar-refractivity contribution >= 4 is 11.6 Å². The SMILES string of the molecule is CC(C)(O)CNc1cc(NN)nc(-c2ccccc2)n1. The summed E-state index contributed by atoms with van der Waals surface area (Å²) in [5, 5.41) is 12.8. The van der Waals surface area contributed by atoms with E-state index in [0.717, 1.165) is 5.56 Å². The minimum absolute atomic E-state index is 0.377. The van der Waals surface area contributed by atoms with Crippen LogP contribution in [0.25, 0.3) is 11.4 Å². The lowest BCUT2D eigenvalue weighted by atomic mass is 10.1. The van der Waals surface area contributed by atoms with Crippen molar-refractivity contribution in [3.05, 3.63) is 36.4 Å². The van der Waals surface area contributed by atoms with Crippen LogP contribution in [0.1, 0.15) is 13.8 Å². The molecule has 0 atom stereocenters. The molecule has 6 nitrogen and oxygen atoms in total. The van der Waals surface area contributed by atoms with Crippen LogP contribution >= 0.6 is 0 Å². The van der Waals surface area contributed by atoms with E-state index in [2.05, 4.69) is 20.7 Å². The van der Waals surface area contributed by atoms with E-state index in [1.807, 2.05) is 30.3 Å². The largest absolute Gasteiger partial charge is 0.389 e. The molecule has 1 aromatic heterocycles. The number of nitrogens with one attached hydrogen (secondary N) is 2. The van der Waals surface area contributed by atoms with E-state index in [9.17, 15) is 5.11 Å². The fourth-order valence-corrected chi connectivity index (χ4v) is 1.63. The molecule has 0 aliphatic rings. The van der Waals surface area contributed by atoms with Crippen molar-refractivity contribution in [2.75, 3.05) is 17.3 Å². The van der Waals surface area contributed by atoms with Gasteiger partial charge in [0.1, 0.15) is 11.6 Å². The first-order valence-corrected chi connectivity index (χ1v) is 6.35. The van der Waals surface area contributed by atoms with Gasteiger partial charge in [-0.15, -0.1) is 0 Å². The summed E-state index contributed by atoms with van der Waals surface area (Å²) < 4.78 is 0. The Hall–Kier alpha value is -2.18. The normalized spacial score (nSPS) is 11.2. The molecule has 0 aliphatic heterocycles. The Balaban J connectivity index is 2.30. The van der Waals surface area contributed by atoms with Crippen molar-refractivity contribution in [1.29, 1.82) is 0 Å². The summed E-state index contributed by atoms with van der Waals surface area (Å²) in [7, 11) is 0. The number of nitrogens with two attached hydrogens (primary N) is 1. The summed E-state index contributed by atoms with van der Waals surface area (Å²) in [4.78, 5) is 8.74. The van der Waals surface area contributed by atoms with Crippen LogP contribution in [0.2, 0.25) is 0 Å². The molecule has 2 rings (SSSR count). The lowest BCUT2D eigenvalue weighted by Crippen LogP contribution is -2.29. The smallest absolute Gasteiger partial charge is 0.163 e. The van der Waals surface area contributed by atoms with Crippen LogP contribution in [0.4, 0.5) is 11.6 Å². The third-order valence-electron chi connectivity index (χ3n) is 2.61. The molecule has 2 aromatic rings. The van der Waals surface area contributed by atoms with Crippen LogP contribution in [-0.4, -0.2) is 27.2 Å². The van der Waals surface area contributed by atoms with Crippen molar-refractivity contribution < 1.29 is 5.11 Å². The molecule has 0 unspecified atom stereocenters. The number of hydrogen-bond acceptors (Lipinski definition) is 6. The Bertz CT molecular complexity index is 566. The first-order chi connectivity index (χ1) is 9.48. The molecule has 0 spiro atoms. The molecule has 0 bridgehead atoms. The zero-order valence-corrected chi connectivity index (χ0v) is 11.6. The van der Waals surface area contributed by atoms with Gasteiger partial charge < -0.3 is 15.8 Å². The van der Waals surface area contributed by atoms with Crippen LogP contribution in [0, 0.1) is 0 Å². The minimum atomic E-state index is -0.825. The number of aromatic nitrogens is 2. The second kappa shape index (κ2) is 5.85. The molecule has 0 fully saturated rings. The minimum Gasteiger partial charge on any atom is -0.389 e. The number of hydrogen-bond donors (Lipinski definition) is 4. The van der Waals surface area contributed by atoms with E-state index in [1.165, 1.54) is 0 Å². The van der Waals surface area contributed by atoms with Crippen molar-refractivity contribution in [2.45, 2.75) is 19.4 Å². The summed E-state index contributed by atoms with van der Waals surface area (Å²) in [6, 6.07) is 11.3. The van der Waals surface area contributed by atoms with E-state index in [0.29, 0.717) is 24.0 Å². The zero-order chi connectivity index (χ0) is 14.6. The van der Waals surface area contributed by atoms with Gasteiger partial charge in [-0.25, -0.2) is 15.8 Å². The van der Waals surface area contributed by atoms with E-state index in [1.54, 1.807) is 19.9 Å². The average molecular weight is 273 g/mol. The van der Waals surface area contributed by atoms with Gasteiger partial charge in [-0.3, -0.25) is 0 Å². The summed E-state index contributed by atoms with van der Waals surface area (Å²) in [6.45, 7) is 3.82. The van der Waals surface area contributed by atoms with Crippen molar-refractivity contribution in [3.8, 4) is 11.4 Å².